The molecule has 2 N–H and O–H groups in total. The summed E-state index contributed by atoms with van der Waals surface area (Å²) < 4.78 is 2.07. The number of hydrogen-bond donors (Lipinski definition) is 1. The lowest BCUT2D eigenvalue weighted by Gasteiger charge is -2.05. The van der Waals surface area contributed by atoms with Gasteiger partial charge >= 0.3 is 0 Å². The van der Waals surface area contributed by atoms with E-state index in [1.54, 1.807) is 0 Å². The highest BCUT2D eigenvalue weighted by Gasteiger charge is 2.42. The van der Waals surface area contributed by atoms with E-state index in [2.05, 4.69) is 40.0 Å². The van der Waals surface area contributed by atoms with Gasteiger partial charge in [0.25, 0.3) is 0 Å². The second-order valence-corrected chi connectivity index (χ2v) is 5.69. The second-order valence-electron chi connectivity index (χ2n) is 5.69. The lowest BCUT2D eigenvalue weighted by Crippen LogP contribution is -2.18. The third kappa shape index (κ3) is 1.66. The third-order valence-corrected chi connectivity index (χ3v) is 4.12. The fourth-order valence-corrected chi connectivity index (χ4v) is 2.45. The van der Waals surface area contributed by atoms with Gasteiger partial charge in [0.2, 0.25) is 0 Å². The molecule has 1 heterocycles. The van der Waals surface area contributed by atoms with E-state index in [9.17, 15) is 0 Å². The number of imidazole rings is 1. The third-order valence-electron chi connectivity index (χ3n) is 4.12. The van der Waals surface area contributed by atoms with Crippen molar-refractivity contribution in [3.05, 3.63) is 48.0 Å². The van der Waals surface area contributed by atoms with Crippen LogP contribution in [-0.2, 0) is 5.54 Å². The molecule has 0 amide bonds. The molecule has 18 heavy (non-hydrogen) atoms. The molecule has 2 fully saturated rings. The van der Waals surface area contributed by atoms with Gasteiger partial charge < -0.3 is 10.3 Å². The van der Waals surface area contributed by atoms with E-state index in [4.69, 9.17) is 5.73 Å². The molecule has 92 valence electrons. The van der Waals surface area contributed by atoms with Crippen LogP contribution in [-0.4, -0.2) is 9.55 Å². The van der Waals surface area contributed by atoms with E-state index >= 15 is 0 Å². The van der Waals surface area contributed by atoms with Crippen molar-refractivity contribution < 1.29 is 0 Å². The fourth-order valence-electron chi connectivity index (χ4n) is 2.45. The molecular weight excluding hydrogens is 222 g/mol. The lowest BCUT2D eigenvalue weighted by molar-refractivity contribution is 0.713. The average Bonchev–Trinajstić information content (AvgIpc) is 3.31. The van der Waals surface area contributed by atoms with Gasteiger partial charge in [0.05, 0.1) is 17.6 Å². The fraction of sp³-hybridized carbons (Fsp3) is 0.400. The van der Waals surface area contributed by atoms with Gasteiger partial charge in [0.1, 0.15) is 0 Å². The molecule has 0 unspecified atom stereocenters. The smallest absolute Gasteiger partial charge is 0.0996 e. The minimum Gasteiger partial charge on any atom is -0.320 e. The molecule has 2 aliphatic rings. The molecule has 0 bridgehead atoms. The largest absolute Gasteiger partial charge is 0.320 e. The highest BCUT2D eigenvalue weighted by atomic mass is 15.1. The van der Waals surface area contributed by atoms with Crippen LogP contribution < -0.4 is 5.73 Å². The minimum atomic E-state index is -0.140. The van der Waals surface area contributed by atoms with Crippen molar-refractivity contribution in [2.75, 3.05) is 0 Å². The standard InChI is InChI=1S/C15H17N3/c16-15(7-8-15)14-9-18(10-17-14)13-5-3-12(4-6-13)11-1-2-11/h3-6,9-11H,1-2,7-8,16H2. The Bertz CT molecular complexity index is 574. The van der Waals surface area contributed by atoms with Crippen LogP contribution in [0.1, 0.15) is 42.9 Å². The molecule has 0 saturated heterocycles. The molecule has 0 radical (unpaired) electrons. The molecule has 2 saturated carbocycles. The van der Waals surface area contributed by atoms with Crippen molar-refractivity contribution in [3.63, 3.8) is 0 Å². The van der Waals surface area contributed by atoms with Gasteiger partial charge in [-0.3, -0.25) is 0 Å². The van der Waals surface area contributed by atoms with E-state index in [-0.39, 0.29) is 5.54 Å². The van der Waals surface area contributed by atoms with Gasteiger partial charge in [0.15, 0.2) is 0 Å². The van der Waals surface area contributed by atoms with Crippen LogP contribution in [0.15, 0.2) is 36.8 Å². The van der Waals surface area contributed by atoms with E-state index in [0.29, 0.717) is 0 Å². The Balaban J connectivity index is 1.63. The number of aromatic nitrogens is 2. The van der Waals surface area contributed by atoms with E-state index in [1.165, 1.54) is 24.1 Å². The second kappa shape index (κ2) is 3.45. The maximum atomic E-state index is 6.16. The predicted octanol–water partition coefficient (Wildman–Crippen LogP) is 2.70. The Kier molecular flexibility index (Phi) is 1.98. The molecule has 4 rings (SSSR count). The SMILES string of the molecule is NC1(c2cn(-c3ccc(C4CC4)cc3)cn2)CC1. The molecular formula is C15H17N3. The van der Waals surface area contributed by atoms with Gasteiger partial charge in [-0.2, -0.15) is 0 Å². The van der Waals surface area contributed by atoms with E-state index in [1.807, 2.05) is 6.33 Å². The highest BCUT2D eigenvalue weighted by Crippen LogP contribution is 2.42. The summed E-state index contributed by atoms with van der Waals surface area (Å²) in [6.45, 7) is 0. The van der Waals surface area contributed by atoms with Crippen molar-refractivity contribution >= 4 is 0 Å². The van der Waals surface area contributed by atoms with Gasteiger partial charge in [-0.25, -0.2) is 4.98 Å². The van der Waals surface area contributed by atoms with Gasteiger partial charge in [0, 0.05) is 11.9 Å². The summed E-state index contributed by atoms with van der Waals surface area (Å²) in [6, 6.07) is 8.83. The topological polar surface area (TPSA) is 43.8 Å². The van der Waals surface area contributed by atoms with Crippen LogP contribution in [0.5, 0.6) is 0 Å². The first kappa shape index (κ1) is 10.3. The zero-order valence-corrected chi connectivity index (χ0v) is 10.3. The van der Waals surface area contributed by atoms with Crippen LogP contribution in [0, 0.1) is 0 Å². The first-order valence-corrected chi connectivity index (χ1v) is 6.68. The Morgan fingerprint density at radius 3 is 2.50 bits per heavy atom. The Morgan fingerprint density at radius 1 is 1.17 bits per heavy atom. The van der Waals surface area contributed by atoms with Crippen LogP contribution in [0.2, 0.25) is 0 Å². The monoisotopic (exact) mass is 239 g/mol. The van der Waals surface area contributed by atoms with Crippen LogP contribution in [0.25, 0.3) is 5.69 Å². The first-order valence-electron chi connectivity index (χ1n) is 6.68. The molecule has 2 aromatic rings. The summed E-state index contributed by atoms with van der Waals surface area (Å²) in [4.78, 5) is 4.43. The molecule has 3 heteroatoms. The van der Waals surface area contributed by atoms with Crippen molar-refractivity contribution in [2.24, 2.45) is 5.73 Å². The van der Waals surface area contributed by atoms with E-state index < -0.39 is 0 Å². The Morgan fingerprint density at radius 2 is 1.89 bits per heavy atom. The molecule has 0 spiro atoms. The summed E-state index contributed by atoms with van der Waals surface area (Å²) in [5.41, 5.74) is 9.68. The Labute approximate surface area is 107 Å². The van der Waals surface area contributed by atoms with Crippen molar-refractivity contribution in [1.82, 2.24) is 9.55 Å². The van der Waals surface area contributed by atoms with Gasteiger partial charge in [-0.15, -0.1) is 0 Å². The van der Waals surface area contributed by atoms with Gasteiger partial charge in [-0.1, -0.05) is 12.1 Å². The number of nitrogens with zero attached hydrogens (tertiary/aromatic N) is 2. The molecule has 0 aliphatic heterocycles. The number of benzene rings is 1. The normalized spacial score (nSPS) is 20.9. The lowest BCUT2D eigenvalue weighted by atomic mass is 10.1. The number of hydrogen-bond acceptors (Lipinski definition) is 2. The summed E-state index contributed by atoms with van der Waals surface area (Å²) in [5, 5.41) is 0. The summed E-state index contributed by atoms with van der Waals surface area (Å²) in [6.07, 6.45) is 8.76. The van der Waals surface area contributed by atoms with E-state index in [0.717, 1.165) is 24.5 Å². The maximum Gasteiger partial charge on any atom is 0.0996 e. The van der Waals surface area contributed by atoms with Crippen molar-refractivity contribution in [1.29, 1.82) is 0 Å². The number of nitrogens with two attached hydrogens (primary N) is 1. The minimum absolute atomic E-state index is 0.140. The molecule has 1 aromatic carbocycles. The van der Waals surface area contributed by atoms with Crippen LogP contribution in [0.3, 0.4) is 0 Å². The van der Waals surface area contributed by atoms with Crippen LogP contribution in [0.4, 0.5) is 0 Å². The first-order chi connectivity index (χ1) is 8.74. The highest BCUT2D eigenvalue weighted by molar-refractivity contribution is 5.38. The zero-order chi connectivity index (χ0) is 12.2. The summed E-state index contributed by atoms with van der Waals surface area (Å²) in [7, 11) is 0. The van der Waals surface area contributed by atoms with Crippen molar-refractivity contribution in [2.45, 2.75) is 37.1 Å². The average molecular weight is 239 g/mol. The molecule has 0 atom stereocenters. The molecule has 3 nitrogen and oxygen atoms in total. The predicted molar refractivity (Wildman–Crippen MR) is 70.6 cm³/mol. The molecule has 2 aliphatic carbocycles. The summed E-state index contributed by atoms with van der Waals surface area (Å²) >= 11 is 0. The summed E-state index contributed by atoms with van der Waals surface area (Å²) in [5.74, 6) is 0.816. The molecule has 1 aromatic heterocycles. The quantitative estimate of drug-likeness (QED) is 0.895. The van der Waals surface area contributed by atoms with Crippen molar-refractivity contribution in [3.8, 4) is 5.69 Å². The van der Waals surface area contributed by atoms with Gasteiger partial charge in [-0.05, 0) is 49.3 Å². The Hall–Kier alpha value is -1.61. The number of rotatable bonds is 3. The van der Waals surface area contributed by atoms with Crippen LogP contribution >= 0.6 is 0 Å². The maximum absolute atomic E-state index is 6.16. The zero-order valence-electron chi connectivity index (χ0n) is 10.3.